The van der Waals surface area contributed by atoms with E-state index in [2.05, 4.69) is 33.3 Å². The summed E-state index contributed by atoms with van der Waals surface area (Å²) in [6.07, 6.45) is 7.35. The number of nitrogens with one attached hydrogen (secondary N) is 1. The Labute approximate surface area is 182 Å². The predicted octanol–water partition coefficient (Wildman–Crippen LogP) is 4.62. The number of nitrogens with zero attached hydrogens (tertiary/aromatic N) is 5. The Balaban J connectivity index is 1.51. The van der Waals surface area contributed by atoms with Gasteiger partial charge in [0.2, 0.25) is 5.96 Å². The highest BCUT2D eigenvalue weighted by atomic mass is 35.5. The summed E-state index contributed by atoms with van der Waals surface area (Å²) in [4.78, 5) is 17.6. The number of anilines is 1. The van der Waals surface area contributed by atoms with Gasteiger partial charge in [-0.25, -0.2) is 15.0 Å². The normalized spacial score (nSPS) is 19.3. The molecular formula is C23H25ClN6. The molecular weight excluding hydrogens is 396 g/mol. The van der Waals surface area contributed by atoms with Crippen molar-refractivity contribution < 1.29 is 0 Å². The molecule has 4 rings (SSSR count). The van der Waals surface area contributed by atoms with Crippen LogP contribution in [0.15, 0.2) is 78.5 Å². The van der Waals surface area contributed by atoms with E-state index < -0.39 is 0 Å². The lowest BCUT2D eigenvalue weighted by Gasteiger charge is -2.40. The van der Waals surface area contributed by atoms with Crippen molar-refractivity contribution in [2.24, 2.45) is 10.9 Å². The minimum atomic E-state index is 0.301. The molecule has 1 aromatic heterocycles. The quantitative estimate of drug-likeness (QED) is 0.781. The molecule has 1 fully saturated rings. The number of benzene rings is 1. The van der Waals surface area contributed by atoms with Crippen molar-refractivity contribution in [3.05, 3.63) is 84.2 Å². The zero-order valence-electron chi connectivity index (χ0n) is 17.1. The maximum atomic E-state index is 6.11. The first-order valence-electron chi connectivity index (χ1n) is 9.97. The first kappa shape index (κ1) is 20.2. The summed E-state index contributed by atoms with van der Waals surface area (Å²) < 4.78 is 0. The topological polar surface area (TPSA) is 56.6 Å². The summed E-state index contributed by atoms with van der Waals surface area (Å²) in [7, 11) is 2.00. The maximum Gasteiger partial charge on any atom is 0.206 e. The highest BCUT2D eigenvalue weighted by Crippen LogP contribution is 2.29. The van der Waals surface area contributed by atoms with Crippen molar-refractivity contribution in [1.82, 2.24) is 19.8 Å². The first-order chi connectivity index (χ1) is 14.5. The summed E-state index contributed by atoms with van der Waals surface area (Å²) in [5.74, 6) is 1.19. The Morgan fingerprint density at radius 1 is 1.30 bits per heavy atom. The van der Waals surface area contributed by atoms with E-state index in [0.717, 1.165) is 60.4 Å². The molecule has 0 radical (unpaired) electrons. The first-order valence-corrected chi connectivity index (χ1v) is 10.3. The number of aliphatic imine (C=N–C) groups is 1. The van der Waals surface area contributed by atoms with Crippen LogP contribution in [0.25, 0.3) is 5.70 Å². The number of aromatic nitrogens is 2. The number of hydrogen-bond acceptors (Lipinski definition) is 6. The average molecular weight is 421 g/mol. The standard InChI is InChI=1S/C23H25ClN6/c1-16-12-22(21-9-10-25-15-26-21)28-23(29(16)3)30-11-5-6-18(14-30)17(2)27-20-8-4-7-19(24)13-20/h4,7-10,12-13,15,18,27H,1-2,5-6,11,14H2,3H3. The van der Waals surface area contributed by atoms with Crippen molar-refractivity contribution >= 4 is 28.9 Å². The Bertz CT molecular complexity index is 1010. The van der Waals surface area contributed by atoms with Gasteiger partial charge in [-0.15, -0.1) is 0 Å². The summed E-state index contributed by atoms with van der Waals surface area (Å²) in [6, 6.07) is 9.57. The SMILES string of the molecule is C=C(Nc1cccc(Cl)c1)C1CCCN(C2=NC(c3ccncn3)=CC(=C)N2C)C1. The third kappa shape index (κ3) is 4.39. The van der Waals surface area contributed by atoms with E-state index in [1.165, 1.54) is 6.33 Å². The predicted molar refractivity (Wildman–Crippen MR) is 123 cm³/mol. The van der Waals surface area contributed by atoms with Gasteiger partial charge in [0.15, 0.2) is 0 Å². The number of likely N-dealkylation sites (N-methyl/N-ethyl adjacent to an activating group) is 1. The van der Waals surface area contributed by atoms with Crippen LogP contribution in [-0.4, -0.2) is 45.9 Å². The molecule has 0 amide bonds. The van der Waals surface area contributed by atoms with Gasteiger partial charge in [-0.2, -0.15) is 0 Å². The largest absolute Gasteiger partial charge is 0.359 e. The highest BCUT2D eigenvalue weighted by molar-refractivity contribution is 6.30. The van der Waals surface area contributed by atoms with Crippen LogP contribution in [0, 0.1) is 5.92 Å². The van der Waals surface area contributed by atoms with Crippen LogP contribution < -0.4 is 5.32 Å². The summed E-state index contributed by atoms with van der Waals surface area (Å²) in [6.45, 7) is 10.3. The number of hydrogen-bond donors (Lipinski definition) is 1. The van der Waals surface area contributed by atoms with Crippen LogP contribution in [0.3, 0.4) is 0 Å². The molecule has 7 heteroatoms. The minimum absolute atomic E-state index is 0.301. The smallest absolute Gasteiger partial charge is 0.206 e. The molecule has 30 heavy (non-hydrogen) atoms. The van der Waals surface area contributed by atoms with E-state index in [9.17, 15) is 0 Å². The van der Waals surface area contributed by atoms with Gasteiger partial charge in [-0.1, -0.05) is 30.8 Å². The monoisotopic (exact) mass is 420 g/mol. The van der Waals surface area contributed by atoms with E-state index >= 15 is 0 Å². The second kappa shape index (κ2) is 8.71. The van der Waals surface area contributed by atoms with Crippen molar-refractivity contribution in [3.8, 4) is 0 Å². The molecule has 0 aliphatic carbocycles. The lowest BCUT2D eigenvalue weighted by molar-refractivity contribution is 0.264. The summed E-state index contributed by atoms with van der Waals surface area (Å²) in [5, 5.41) is 4.13. The third-order valence-corrected chi connectivity index (χ3v) is 5.66. The summed E-state index contributed by atoms with van der Waals surface area (Å²) in [5.41, 5.74) is 4.42. The Morgan fingerprint density at radius 3 is 2.93 bits per heavy atom. The Morgan fingerprint density at radius 2 is 2.17 bits per heavy atom. The molecule has 0 saturated carbocycles. The molecule has 2 aliphatic heterocycles. The van der Waals surface area contributed by atoms with Gasteiger partial charge in [0.05, 0.1) is 11.4 Å². The van der Waals surface area contributed by atoms with Crippen molar-refractivity contribution in [2.45, 2.75) is 12.8 Å². The van der Waals surface area contributed by atoms with Crippen LogP contribution in [-0.2, 0) is 0 Å². The van der Waals surface area contributed by atoms with Crippen LogP contribution in [0.1, 0.15) is 18.5 Å². The number of piperidine rings is 1. The molecule has 1 saturated heterocycles. The van der Waals surface area contributed by atoms with Crippen LogP contribution in [0.5, 0.6) is 0 Å². The van der Waals surface area contributed by atoms with Crippen LogP contribution in [0.4, 0.5) is 5.69 Å². The molecule has 0 bridgehead atoms. The molecule has 2 aliphatic rings. The molecule has 6 nitrogen and oxygen atoms in total. The van der Waals surface area contributed by atoms with E-state index in [1.54, 1.807) is 6.20 Å². The second-order valence-corrected chi connectivity index (χ2v) is 7.97. The van der Waals surface area contributed by atoms with Gasteiger partial charge in [0.1, 0.15) is 6.33 Å². The lowest BCUT2D eigenvalue weighted by Crippen LogP contribution is -2.48. The van der Waals surface area contributed by atoms with Crippen molar-refractivity contribution in [2.75, 3.05) is 25.5 Å². The molecule has 2 aromatic rings. The van der Waals surface area contributed by atoms with Gasteiger partial charge in [0, 0.05) is 54.4 Å². The third-order valence-electron chi connectivity index (χ3n) is 5.43. The van der Waals surface area contributed by atoms with Gasteiger partial charge >= 0.3 is 0 Å². The fraction of sp³-hybridized carbons (Fsp3) is 0.261. The Kier molecular flexibility index (Phi) is 5.86. The number of halogens is 1. The second-order valence-electron chi connectivity index (χ2n) is 7.53. The zero-order chi connectivity index (χ0) is 21.1. The average Bonchev–Trinajstić information content (AvgIpc) is 2.76. The molecule has 3 heterocycles. The fourth-order valence-electron chi connectivity index (χ4n) is 3.75. The number of likely N-dealkylation sites (tertiary alicyclic amines) is 1. The van der Waals surface area contributed by atoms with Gasteiger partial charge in [-0.05, 0) is 43.2 Å². The number of allylic oxidation sites excluding steroid dienone is 1. The Hall–Kier alpha value is -3.12. The fourth-order valence-corrected chi connectivity index (χ4v) is 3.94. The van der Waals surface area contributed by atoms with E-state index in [-0.39, 0.29) is 0 Å². The van der Waals surface area contributed by atoms with Crippen LogP contribution in [0.2, 0.25) is 5.02 Å². The summed E-state index contributed by atoms with van der Waals surface area (Å²) >= 11 is 6.11. The van der Waals surface area contributed by atoms with E-state index in [0.29, 0.717) is 10.9 Å². The molecule has 1 unspecified atom stereocenters. The highest BCUT2D eigenvalue weighted by Gasteiger charge is 2.29. The molecule has 0 spiro atoms. The van der Waals surface area contributed by atoms with Gasteiger partial charge in [-0.3, -0.25) is 0 Å². The van der Waals surface area contributed by atoms with Gasteiger partial charge in [0.25, 0.3) is 0 Å². The minimum Gasteiger partial charge on any atom is -0.359 e. The van der Waals surface area contributed by atoms with Gasteiger partial charge < -0.3 is 15.1 Å². The number of rotatable bonds is 4. The van der Waals surface area contributed by atoms with Crippen molar-refractivity contribution in [1.29, 1.82) is 0 Å². The van der Waals surface area contributed by atoms with E-state index in [1.807, 2.05) is 48.4 Å². The molecule has 1 atom stereocenters. The molecule has 1 aromatic carbocycles. The number of guanidine groups is 1. The molecule has 1 N–H and O–H groups in total. The van der Waals surface area contributed by atoms with Crippen LogP contribution >= 0.6 is 11.6 Å². The lowest BCUT2D eigenvalue weighted by atomic mass is 9.95. The maximum absolute atomic E-state index is 6.11. The van der Waals surface area contributed by atoms with Crippen molar-refractivity contribution in [3.63, 3.8) is 0 Å². The zero-order valence-corrected chi connectivity index (χ0v) is 17.8. The van der Waals surface area contributed by atoms with E-state index in [4.69, 9.17) is 16.6 Å². The molecule has 154 valence electrons.